The Bertz CT molecular complexity index is 1040. The summed E-state index contributed by atoms with van der Waals surface area (Å²) in [6, 6.07) is 2.16. The molecule has 1 aromatic carbocycles. The predicted octanol–water partition coefficient (Wildman–Crippen LogP) is 4.32. The van der Waals surface area contributed by atoms with Gasteiger partial charge in [0.25, 0.3) is 0 Å². The fourth-order valence-corrected chi connectivity index (χ4v) is 3.86. The third-order valence-corrected chi connectivity index (χ3v) is 6.41. The molecular weight excluding hydrogens is 526 g/mol. The van der Waals surface area contributed by atoms with Crippen LogP contribution in [0, 0.1) is 10.8 Å². The fourth-order valence-electron chi connectivity index (χ4n) is 3.58. The Labute approximate surface area is 236 Å². The van der Waals surface area contributed by atoms with E-state index in [2.05, 4.69) is 16.0 Å². The Kier molecular flexibility index (Phi) is 11.7. The van der Waals surface area contributed by atoms with Crippen molar-refractivity contribution >= 4 is 35.5 Å². The first-order valence-corrected chi connectivity index (χ1v) is 13.2. The van der Waals surface area contributed by atoms with Gasteiger partial charge in [-0.05, 0) is 71.1 Å². The van der Waals surface area contributed by atoms with Gasteiger partial charge in [0.2, 0.25) is 11.8 Å². The Morgan fingerprint density at radius 1 is 0.949 bits per heavy atom. The van der Waals surface area contributed by atoms with E-state index in [0.29, 0.717) is 16.3 Å². The number of alkyl carbamates (subject to hydrolysis) is 1. The normalized spacial score (nSPS) is 14.4. The van der Waals surface area contributed by atoms with Gasteiger partial charge >= 0.3 is 12.1 Å². The highest BCUT2D eigenvalue weighted by Crippen LogP contribution is 2.27. The second kappa shape index (κ2) is 13.4. The van der Waals surface area contributed by atoms with Gasteiger partial charge in [-0.25, -0.2) is 9.59 Å². The minimum Gasteiger partial charge on any atom is -0.495 e. The second-order valence-corrected chi connectivity index (χ2v) is 12.9. The van der Waals surface area contributed by atoms with Crippen LogP contribution in [0.2, 0.25) is 5.02 Å². The van der Waals surface area contributed by atoms with Crippen LogP contribution in [0.15, 0.2) is 18.2 Å². The van der Waals surface area contributed by atoms with Gasteiger partial charge < -0.3 is 30.5 Å². The van der Waals surface area contributed by atoms with Gasteiger partial charge in [0.05, 0.1) is 17.5 Å². The number of hydrogen-bond donors (Lipinski definition) is 4. The molecule has 0 saturated carbocycles. The van der Waals surface area contributed by atoms with Gasteiger partial charge in [0, 0.05) is 12.5 Å². The molecule has 0 heterocycles. The number of hydrogen-bond acceptors (Lipinski definition) is 6. The van der Waals surface area contributed by atoms with Crippen LogP contribution < -0.4 is 20.7 Å². The maximum Gasteiger partial charge on any atom is 0.408 e. The van der Waals surface area contributed by atoms with Crippen molar-refractivity contribution in [2.45, 2.75) is 98.9 Å². The third kappa shape index (κ3) is 11.3. The van der Waals surface area contributed by atoms with E-state index >= 15 is 0 Å². The van der Waals surface area contributed by atoms with Crippen molar-refractivity contribution in [3.8, 4) is 5.75 Å². The average Bonchev–Trinajstić information content (AvgIpc) is 2.75. The van der Waals surface area contributed by atoms with Crippen LogP contribution in [0.4, 0.5) is 4.79 Å². The zero-order valence-electron chi connectivity index (χ0n) is 24.7. The van der Waals surface area contributed by atoms with E-state index < -0.39 is 53.0 Å². The number of aliphatic carboxylic acids is 1. The summed E-state index contributed by atoms with van der Waals surface area (Å²) in [5.41, 5.74) is -1.63. The third-order valence-electron chi connectivity index (χ3n) is 6.11. The number of halogens is 1. The average molecular weight is 570 g/mol. The van der Waals surface area contributed by atoms with Crippen molar-refractivity contribution in [3.63, 3.8) is 0 Å². The lowest BCUT2D eigenvalue weighted by atomic mass is 9.82. The molecular formula is C28H44ClN3O7. The van der Waals surface area contributed by atoms with Gasteiger partial charge in [0.1, 0.15) is 23.4 Å². The second-order valence-electron chi connectivity index (χ2n) is 12.5. The molecule has 220 valence electrons. The number of benzene rings is 1. The molecule has 0 aromatic heterocycles. The minimum atomic E-state index is -1.18. The molecule has 3 amide bonds. The molecule has 0 spiro atoms. The van der Waals surface area contributed by atoms with Gasteiger partial charge in [-0.15, -0.1) is 0 Å². The van der Waals surface area contributed by atoms with Crippen molar-refractivity contribution < 1.29 is 33.8 Å². The monoisotopic (exact) mass is 569 g/mol. The summed E-state index contributed by atoms with van der Waals surface area (Å²) < 4.78 is 10.5. The molecule has 0 aliphatic rings. The van der Waals surface area contributed by atoms with E-state index in [1.165, 1.54) is 7.11 Å². The highest BCUT2D eigenvalue weighted by atomic mass is 35.5. The number of carboxylic acid groups (broad SMARTS) is 1. The number of rotatable bonds is 11. The molecule has 3 atom stereocenters. The molecule has 0 aliphatic carbocycles. The van der Waals surface area contributed by atoms with E-state index in [1.807, 2.05) is 20.8 Å². The van der Waals surface area contributed by atoms with Crippen LogP contribution in [0.3, 0.4) is 0 Å². The predicted molar refractivity (Wildman–Crippen MR) is 150 cm³/mol. The molecule has 0 aliphatic heterocycles. The highest BCUT2D eigenvalue weighted by molar-refractivity contribution is 6.32. The minimum absolute atomic E-state index is 0.0841. The molecule has 0 radical (unpaired) electrons. The van der Waals surface area contributed by atoms with Gasteiger partial charge in [-0.3, -0.25) is 9.59 Å². The standard InChI is InChI=1S/C28H44ClN3O7/c1-16(28(8,9)24(36)31-20(23(34)35)15-26(2,3)4)30-22(33)19(32-25(37)39-27(5,6)7)14-17-11-12-21(38-10)18(29)13-17/h11-13,16,19-20H,14-15H2,1-10H3,(H,30,33)(H,31,36)(H,32,37)(H,34,35). The van der Waals surface area contributed by atoms with E-state index in [4.69, 9.17) is 21.1 Å². The lowest BCUT2D eigenvalue weighted by Crippen LogP contribution is -2.58. The summed E-state index contributed by atoms with van der Waals surface area (Å²) >= 11 is 6.24. The summed E-state index contributed by atoms with van der Waals surface area (Å²) in [6.45, 7) is 15.6. The molecule has 0 saturated heterocycles. The maximum absolute atomic E-state index is 13.4. The zero-order chi connectivity index (χ0) is 30.3. The topological polar surface area (TPSA) is 143 Å². The number of methoxy groups -OCH3 is 1. The molecule has 0 fully saturated rings. The first-order valence-electron chi connectivity index (χ1n) is 12.8. The summed E-state index contributed by atoms with van der Waals surface area (Å²) in [7, 11) is 1.49. The summed E-state index contributed by atoms with van der Waals surface area (Å²) in [6.07, 6.45) is -0.462. The molecule has 0 bridgehead atoms. The van der Waals surface area contributed by atoms with Gasteiger partial charge in [0.15, 0.2) is 0 Å². The van der Waals surface area contributed by atoms with Crippen LogP contribution in [-0.2, 0) is 25.5 Å². The van der Waals surface area contributed by atoms with Crippen molar-refractivity contribution in [2.24, 2.45) is 10.8 Å². The summed E-state index contributed by atoms with van der Waals surface area (Å²) in [5.74, 6) is -1.74. The molecule has 39 heavy (non-hydrogen) atoms. The first kappa shape index (κ1) is 34.0. The van der Waals surface area contributed by atoms with Crippen LogP contribution in [0.1, 0.15) is 74.3 Å². The van der Waals surface area contributed by atoms with Crippen LogP contribution >= 0.6 is 11.6 Å². The summed E-state index contributed by atoms with van der Waals surface area (Å²) in [5, 5.41) is 18.0. The Hall–Kier alpha value is -3.01. The van der Waals surface area contributed by atoms with E-state index in [9.17, 15) is 24.3 Å². The van der Waals surface area contributed by atoms with E-state index in [-0.39, 0.29) is 18.3 Å². The lowest BCUT2D eigenvalue weighted by Gasteiger charge is -2.34. The molecule has 1 rings (SSSR count). The number of carbonyl (C=O) groups is 4. The van der Waals surface area contributed by atoms with Crippen molar-refractivity contribution in [3.05, 3.63) is 28.8 Å². The fraction of sp³-hybridized carbons (Fsp3) is 0.643. The first-order chi connectivity index (χ1) is 17.7. The molecule has 4 N–H and O–H groups in total. The maximum atomic E-state index is 13.4. The number of nitrogens with one attached hydrogen (secondary N) is 3. The molecule has 11 heteroatoms. The number of carbonyl (C=O) groups excluding carboxylic acids is 3. The molecule has 1 aromatic rings. The van der Waals surface area contributed by atoms with Crippen LogP contribution in [0.5, 0.6) is 5.75 Å². The number of carboxylic acids is 1. The highest BCUT2D eigenvalue weighted by Gasteiger charge is 2.39. The lowest BCUT2D eigenvalue weighted by molar-refractivity contribution is -0.145. The number of amides is 3. The molecule has 10 nitrogen and oxygen atoms in total. The van der Waals surface area contributed by atoms with Gasteiger partial charge in [-0.2, -0.15) is 0 Å². The van der Waals surface area contributed by atoms with Crippen LogP contribution in [-0.4, -0.2) is 59.8 Å². The van der Waals surface area contributed by atoms with E-state index in [0.717, 1.165) is 0 Å². The Balaban J connectivity index is 3.12. The SMILES string of the molecule is COc1ccc(CC(NC(=O)OC(C)(C)C)C(=O)NC(C)C(C)(C)C(=O)NC(CC(C)(C)C)C(=O)O)cc1Cl. The smallest absolute Gasteiger partial charge is 0.408 e. The van der Waals surface area contributed by atoms with E-state index in [1.54, 1.807) is 59.7 Å². The summed E-state index contributed by atoms with van der Waals surface area (Å²) in [4.78, 5) is 50.8. The largest absolute Gasteiger partial charge is 0.495 e. The van der Waals surface area contributed by atoms with Gasteiger partial charge in [-0.1, -0.05) is 38.4 Å². The zero-order valence-corrected chi connectivity index (χ0v) is 25.4. The van der Waals surface area contributed by atoms with Crippen molar-refractivity contribution in [2.75, 3.05) is 7.11 Å². The van der Waals surface area contributed by atoms with Crippen LogP contribution in [0.25, 0.3) is 0 Å². The number of ether oxygens (including phenoxy) is 2. The quantitative estimate of drug-likeness (QED) is 0.311. The van der Waals surface area contributed by atoms with Crippen molar-refractivity contribution in [1.82, 2.24) is 16.0 Å². The Morgan fingerprint density at radius 3 is 2.00 bits per heavy atom. The Morgan fingerprint density at radius 2 is 1.54 bits per heavy atom. The molecule has 3 unspecified atom stereocenters. The van der Waals surface area contributed by atoms with Crippen molar-refractivity contribution in [1.29, 1.82) is 0 Å².